The normalized spacial score (nSPS) is 15.4. The van der Waals surface area contributed by atoms with Gasteiger partial charge in [0.15, 0.2) is 11.6 Å². The Morgan fingerprint density at radius 1 is 1.57 bits per heavy atom. The van der Waals surface area contributed by atoms with Gasteiger partial charge in [-0.1, -0.05) is 18.6 Å². The lowest BCUT2D eigenvalue weighted by atomic mass is 10.0. The van der Waals surface area contributed by atoms with Gasteiger partial charge in [0, 0.05) is 17.8 Å². The van der Waals surface area contributed by atoms with Crippen LogP contribution in [0.3, 0.4) is 0 Å². The van der Waals surface area contributed by atoms with Crippen molar-refractivity contribution < 1.29 is 18.7 Å². The number of nitrogens with one attached hydrogen (secondary N) is 1. The van der Waals surface area contributed by atoms with Gasteiger partial charge in [-0.15, -0.1) is 6.42 Å². The molecule has 6 heteroatoms. The van der Waals surface area contributed by atoms with Crippen LogP contribution in [-0.4, -0.2) is 37.3 Å². The van der Waals surface area contributed by atoms with Crippen molar-refractivity contribution in [2.24, 2.45) is 0 Å². The average Bonchev–Trinajstić information content (AvgIpc) is 2.84. The molecule has 0 saturated heterocycles. The molecule has 1 N–H and O–H groups in total. The second-order valence-corrected chi connectivity index (χ2v) is 5.51. The Morgan fingerprint density at radius 2 is 2.26 bits per heavy atom. The maximum Gasteiger partial charge on any atom is 0.408 e. The van der Waals surface area contributed by atoms with Gasteiger partial charge in [0.2, 0.25) is 0 Å². The fourth-order valence-electron chi connectivity index (χ4n) is 2.59. The molecule has 0 saturated carbocycles. The van der Waals surface area contributed by atoms with E-state index < -0.39 is 17.4 Å². The molecule has 0 fully saturated rings. The second-order valence-electron chi connectivity index (χ2n) is 5.51. The first-order valence-electron chi connectivity index (χ1n) is 6.98. The summed E-state index contributed by atoms with van der Waals surface area (Å²) < 4.78 is 24.0. The molecule has 2 rings (SSSR count). The number of terminal acetylenes is 1. The molecule has 1 aromatic carbocycles. The van der Waals surface area contributed by atoms with E-state index in [4.69, 9.17) is 11.2 Å². The summed E-state index contributed by atoms with van der Waals surface area (Å²) in [6, 6.07) is 3.38. The number of methoxy groups -OCH3 is 2. The number of halogens is 1. The largest absolute Gasteiger partial charge is 0.494 e. The quantitative estimate of drug-likeness (QED) is 0.866. The summed E-state index contributed by atoms with van der Waals surface area (Å²) in [5.41, 5.74) is 0.746. The number of benzene rings is 1. The van der Waals surface area contributed by atoms with Crippen LogP contribution in [0.1, 0.15) is 18.1 Å². The third-order valence-corrected chi connectivity index (χ3v) is 3.83. The lowest BCUT2D eigenvalue weighted by Gasteiger charge is -2.31. The number of alkyl carbamates (subject to hydrolysis) is 1. The van der Waals surface area contributed by atoms with Gasteiger partial charge in [0.05, 0.1) is 20.8 Å². The van der Waals surface area contributed by atoms with E-state index in [-0.39, 0.29) is 12.3 Å². The number of amides is 1. The van der Waals surface area contributed by atoms with Crippen molar-refractivity contribution >= 4 is 11.8 Å². The van der Waals surface area contributed by atoms with E-state index in [9.17, 15) is 9.18 Å². The highest BCUT2D eigenvalue weighted by molar-refractivity contribution is 5.72. The summed E-state index contributed by atoms with van der Waals surface area (Å²) in [5.74, 6) is 2.26. The molecular weight excluding hydrogens is 299 g/mol. The molecule has 1 unspecified atom stereocenters. The van der Waals surface area contributed by atoms with Crippen molar-refractivity contribution in [1.29, 1.82) is 0 Å². The zero-order valence-corrected chi connectivity index (χ0v) is 13.4. The lowest BCUT2D eigenvalue weighted by Crippen LogP contribution is -2.51. The number of nitrogens with zero attached hydrogens (tertiary/aromatic N) is 1. The minimum atomic E-state index is -0.974. The average molecular weight is 318 g/mol. The minimum absolute atomic E-state index is 0.166. The van der Waals surface area contributed by atoms with Gasteiger partial charge in [-0.3, -0.25) is 0 Å². The van der Waals surface area contributed by atoms with Crippen LogP contribution >= 0.6 is 0 Å². The van der Waals surface area contributed by atoms with Gasteiger partial charge in [-0.25, -0.2) is 9.18 Å². The molecule has 0 radical (unpaired) electrons. The molecule has 0 aromatic heterocycles. The van der Waals surface area contributed by atoms with Crippen LogP contribution in [0.15, 0.2) is 18.7 Å². The highest BCUT2D eigenvalue weighted by Crippen LogP contribution is 2.37. The maximum atomic E-state index is 14.4. The Morgan fingerprint density at radius 3 is 2.83 bits per heavy atom. The molecule has 23 heavy (non-hydrogen) atoms. The van der Waals surface area contributed by atoms with E-state index in [1.54, 1.807) is 19.1 Å². The van der Waals surface area contributed by atoms with Crippen LogP contribution in [0.25, 0.3) is 5.70 Å². The predicted octanol–water partition coefficient (Wildman–Crippen LogP) is 2.37. The topological polar surface area (TPSA) is 50.8 Å². The first-order valence-corrected chi connectivity index (χ1v) is 6.98. The SMILES string of the molecule is C#CC(C)(CN1Cc2ccc(OC)c(F)c2C1=C)NC(=O)OC. The minimum Gasteiger partial charge on any atom is -0.494 e. The summed E-state index contributed by atoms with van der Waals surface area (Å²) in [4.78, 5) is 13.3. The molecule has 1 atom stereocenters. The number of hydrogen-bond acceptors (Lipinski definition) is 4. The Balaban J connectivity index is 2.24. The van der Waals surface area contributed by atoms with E-state index in [2.05, 4.69) is 22.6 Å². The molecule has 0 aliphatic carbocycles. The highest BCUT2D eigenvalue weighted by Gasteiger charge is 2.33. The van der Waals surface area contributed by atoms with Gasteiger partial charge in [-0.05, 0) is 18.6 Å². The smallest absolute Gasteiger partial charge is 0.408 e. The van der Waals surface area contributed by atoms with Gasteiger partial charge in [0.25, 0.3) is 0 Å². The first kappa shape index (κ1) is 16.7. The maximum absolute atomic E-state index is 14.4. The Kier molecular flexibility index (Phi) is 4.50. The molecule has 5 nitrogen and oxygen atoms in total. The molecule has 1 aromatic rings. The lowest BCUT2D eigenvalue weighted by molar-refractivity contribution is 0.159. The molecule has 1 aliphatic rings. The third kappa shape index (κ3) is 3.09. The Labute approximate surface area is 135 Å². The summed E-state index contributed by atoms with van der Waals surface area (Å²) >= 11 is 0. The zero-order valence-electron chi connectivity index (χ0n) is 13.4. The number of rotatable bonds is 4. The second kappa shape index (κ2) is 6.21. The molecular formula is C17H19FN2O3. The number of ether oxygens (including phenoxy) is 2. The van der Waals surface area contributed by atoms with Crippen molar-refractivity contribution in [2.75, 3.05) is 20.8 Å². The van der Waals surface area contributed by atoms with Gasteiger partial charge < -0.3 is 19.7 Å². The molecule has 1 aliphatic heterocycles. The number of hydrogen-bond donors (Lipinski definition) is 1. The van der Waals surface area contributed by atoms with Crippen LogP contribution in [0.2, 0.25) is 0 Å². The predicted molar refractivity (Wildman–Crippen MR) is 85.2 cm³/mol. The van der Waals surface area contributed by atoms with E-state index in [1.807, 2.05) is 4.90 Å². The first-order chi connectivity index (χ1) is 10.8. The highest BCUT2D eigenvalue weighted by atomic mass is 19.1. The van der Waals surface area contributed by atoms with Gasteiger partial charge in [0.1, 0.15) is 5.54 Å². The van der Waals surface area contributed by atoms with Crippen molar-refractivity contribution in [3.05, 3.63) is 35.7 Å². The third-order valence-electron chi connectivity index (χ3n) is 3.83. The number of carbonyl (C=O) groups is 1. The van der Waals surface area contributed by atoms with Crippen molar-refractivity contribution in [3.63, 3.8) is 0 Å². The Bertz CT molecular complexity index is 696. The zero-order chi connectivity index (χ0) is 17.2. The van der Waals surface area contributed by atoms with E-state index >= 15 is 0 Å². The fraction of sp³-hybridized carbons (Fsp3) is 0.353. The van der Waals surface area contributed by atoms with Crippen molar-refractivity contribution in [3.8, 4) is 18.1 Å². The summed E-state index contributed by atoms with van der Waals surface area (Å²) in [7, 11) is 2.68. The molecule has 0 bridgehead atoms. The fourth-order valence-corrected chi connectivity index (χ4v) is 2.59. The molecule has 122 valence electrons. The molecule has 0 spiro atoms. The number of fused-ring (bicyclic) bond motifs is 1. The van der Waals surface area contributed by atoms with Gasteiger partial charge >= 0.3 is 6.09 Å². The molecule has 1 amide bonds. The van der Waals surface area contributed by atoms with Crippen molar-refractivity contribution in [1.82, 2.24) is 10.2 Å². The molecule has 1 heterocycles. The van der Waals surface area contributed by atoms with Crippen LogP contribution in [0.4, 0.5) is 9.18 Å². The monoisotopic (exact) mass is 318 g/mol. The number of carbonyl (C=O) groups excluding carboxylic acids is 1. The van der Waals surface area contributed by atoms with Crippen LogP contribution in [0, 0.1) is 18.2 Å². The van der Waals surface area contributed by atoms with Crippen molar-refractivity contribution in [2.45, 2.75) is 19.0 Å². The van der Waals surface area contributed by atoms with Crippen LogP contribution in [-0.2, 0) is 11.3 Å². The standard InChI is InChI=1S/C17H19FN2O3/c1-6-17(3,19-16(21)23-5)10-20-9-12-7-8-13(22-4)15(18)14(12)11(20)2/h1,7-8H,2,9-10H2,3-5H3,(H,19,21). The van der Waals surface area contributed by atoms with Crippen LogP contribution in [0.5, 0.6) is 5.75 Å². The van der Waals surface area contributed by atoms with E-state index in [0.717, 1.165) is 5.56 Å². The summed E-state index contributed by atoms with van der Waals surface area (Å²) in [6.45, 7) is 6.37. The summed E-state index contributed by atoms with van der Waals surface area (Å²) in [6.07, 6.45) is 4.92. The Hall–Kier alpha value is -2.68. The van der Waals surface area contributed by atoms with Gasteiger partial charge in [-0.2, -0.15) is 0 Å². The van der Waals surface area contributed by atoms with Crippen LogP contribution < -0.4 is 10.1 Å². The summed E-state index contributed by atoms with van der Waals surface area (Å²) in [5, 5.41) is 2.61. The van der Waals surface area contributed by atoms with E-state index in [1.165, 1.54) is 14.2 Å². The van der Waals surface area contributed by atoms with E-state index in [0.29, 0.717) is 17.8 Å².